The molecule has 1 aromatic heterocycles. The fourth-order valence-corrected chi connectivity index (χ4v) is 3.59. The van der Waals surface area contributed by atoms with Crippen LogP contribution in [0.1, 0.15) is 31.1 Å². The molecule has 2 aromatic rings. The van der Waals surface area contributed by atoms with E-state index in [1.807, 2.05) is 13.8 Å². The van der Waals surface area contributed by atoms with E-state index in [0.29, 0.717) is 24.5 Å². The number of esters is 1. The standard InChI is InChI=1S/C18H21ClFNO5S/c1-4-24-14(25-5-2)9-27-17-15(18(23)26-6-3)16(22)10-7-12(20)11(19)8-13(10)21-17/h7-8,14H,4-6,9H2,1-3H3,(H,21,22). The van der Waals surface area contributed by atoms with Crippen molar-refractivity contribution in [3.8, 4) is 0 Å². The molecule has 0 saturated carbocycles. The van der Waals surface area contributed by atoms with Gasteiger partial charge in [0.15, 0.2) is 6.29 Å². The molecule has 27 heavy (non-hydrogen) atoms. The van der Waals surface area contributed by atoms with Crippen LogP contribution in [0.5, 0.6) is 0 Å². The van der Waals surface area contributed by atoms with Crippen LogP contribution >= 0.6 is 23.4 Å². The molecular weight excluding hydrogens is 397 g/mol. The second kappa shape index (κ2) is 10.1. The lowest BCUT2D eigenvalue weighted by Crippen LogP contribution is -2.23. The van der Waals surface area contributed by atoms with Crippen LogP contribution in [-0.4, -0.2) is 42.8 Å². The molecule has 2 rings (SSSR count). The molecule has 9 heteroatoms. The number of carbonyl (C=O) groups excluding carboxylic acids is 1. The van der Waals surface area contributed by atoms with Gasteiger partial charge in [0.1, 0.15) is 11.4 Å². The Morgan fingerprint density at radius 1 is 1.22 bits per heavy atom. The first-order chi connectivity index (χ1) is 12.9. The number of nitrogens with one attached hydrogen (secondary N) is 1. The first kappa shape index (κ1) is 21.7. The van der Waals surface area contributed by atoms with E-state index in [4.69, 9.17) is 25.8 Å². The van der Waals surface area contributed by atoms with E-state index in [9.17, 15) is 14.0 Å². The number of aromatic nitrogens is 1. The number of hydrogen-bond acceptors (Lipinski definition) is 6. The molecule has 0 amide bonds. The molecule has 0 radical (unpaired) electrons. The number of pyridine rings is 1. The van der Waals surface area contributed by atoms with Crippen LogP contribution in [0.2, 0.25) is 5.02 Å². The van der Waals surface area contributed by atoms with E-state index < -0.39 is 23.5 Å². The van der Waals surface area contributed by atoms with E-state index in [1.165, 1.54) is 17.8 Å². The number of halogens is 2. The topological polar surface area (TPSA) is 77.6 Å². The van der Waals surface area contributed by atoms with Crippen LogP contribution < -0.4 is 5.43 Å². The Hall–Kier alpha value is -1.61. The highest BCUT2D eigenvalue weighted by molar-refractivity contribution is 7.99. The maximum Gasteiger partial charge on any atom is 0.344 e. The lowest BCUT2D eigenvalue weighted by atomic mass is 10.1. The fraction of sp³-hybridized carbons (Fsp3) is 0.444. The van der Waals surface area contributed by atoms with Gasteiger partial charge in [-0.3, -0.25) is 4.79 Å². The summed E-state index contributed by atoms with van der Waals surface area (Å²) in [6.45, 7) is 6.35. The third-order valence-corrected chi connectivity index (χ3v) is 4.88. The van der Waals surface area contributed by atoms with Crippen molar-refractivity contribution < 1.29 is 23.4 Å². The zero-order valence-corrected chi connectivity index (χ0v) is 16.8. The van der Waals surface area contributed by atoms with Gasteiger partial charge >= 0.3 is 5.97 Å². The molecule has 0 aliphatic carbocycles. The summed E-state index contributed by atoms with van der Waals surface area (Å²) in [5.74, 6) is -1.18. The van der Waals surface area contributed by atoms with Crippen molar-refractivity contribution in [3.05, 3.63) is 38.8 Å². The van der Waals surface area contributed by atoms with E-state index >= 15 is 0 Å². The Labute approximate surface area is 165 Å². The summed E-state index contributed by atoms with van der Waals surface area (Å²) in [6.07, 6.45) is -0.504. The van der Waals surface area contributed by atoms with Crippen molar-refractivity contribution in [2.24, 2.45) is 0 Å². The van der Waals surface area contributed by atoms with Crippen LogP contribution in [-0.2, 0) is 14.2 Å². The van der Waals surface area contributed by atoms with Gasteiger partial charge in [-0.2, -0.15) is 0 Å². The number of thioether (sulfide) groups is 1. The molecule has 0 aliphatic rings. The second-order valence-electron chi connectivity index (χ2n) is 5.34. The average molecular weight is 418 g/mol. The number of ether oxygens (including phenoxy) is 3. The van der Waals surface area contributed by atoms with Crippen LogP contribution in [0.25, 0.3) is 10.9 Å². The zero-order valence-electron chi connectivity index (χ0n) is 15.3. The van der Waals surface area contributed by atoms with Crippen molar-refractivity contribution >= 4 is 40.2 Å². The van der Waals surface area contributed by atoms with Gasteiger partial charge in [0.05, 0.1) is 27.9 Å². The maximum atomic E-state index is 13.8. The normalized spacial score (nSPS) is 11.3. The lowest BCUT2D eigenvalue weighted by Gasteiger charge is -2.17. The van der Waals surface area contributed by atoms with Gasteiger partial charge in [0.25, 0.3) is 0 Å². The highest BCUT2D eigenvalue weighted by atomic mass is 35.5. The number of benzene rings is 1. The third kappa shape index (κ3) is 5.22. The van der Waals surface area contributed by atoms with Gasteiger partial charge in [0.2, 0.25) is 5.43 Å². The minimum absolute atomic E-state index is 0.0236. The minimum atomic E-state index is -0.775. The van der Waals surface area contributed by atoms with Gasteiger partial charge in [-0.25, -0.2) is 9.18 Å². The van der Waals surface area contributed by atoms with Crippen molar-refractivity contribution in [2.75, 3.05) is 25.6 Å². The Balaban J connectivity index is 2.51. The van der Waals surface area contributed by atoms with Crippen molar-refractivity contribution in [2.45, 2.75) is 32.1 Å². The molecule has 0 spiro atoms. The predicted molar refractivity (Wildman–Crippen MR) is 103 cm³/mol. The molecular formula is C18H21ClFNO5S. The lowest BCUT2D eigenvalue weighted by molar-refractivity contribution is -0.120. The summed E-state index contributed by atoms with van der Waals surface area (Å²) in [7, 11) is 0. The van der Waals surface area contributed by atoms with Crippen molar-refractivity contribution in [1.29, 1.82) is 0 Å². The highest BCUT2D eigenvalue weighted by Gasteiger charge is 2.23. The Morgan fingerprint density at radius 3 is 2.48 bits per heavy atom. The highest BCUT2D eigenvalue weighted by Crippen LogP contribution is 2.26. The summed E-state index contributed by atoms with van der Waals surface area (Å²) in [6, 6.07) is 2.33. The number of carbonyl (C=O) groups is 1. The summed E-state index contributed by atoms with van der Waals surface area (Å²) < 4.78 is 29.8. The Kier molecular flexibility index (Phi) is 8.09. The van der Waals surface area contributed by atoms with Crippen LogP contribution in [0.3, 0.4) is 0 Å². The van der Waals surface area contributed by atoms with Gasteiger partial charge in [-0.05, 0) is 32.9 Å². The van der Waals surface area contributed by atoms with Gasteiger partial charge in [-0.15, -0.1) is 11.8 Å². The van der Waals surface area contributed by atoms with Gasteiger partial charge in [0, 0.05) is 18.6 Å². The molecule has 0 atom stereocenters. The molecule has 6 nitrogen and oxygen atoms in total. The summed E-state index contributed by atoms with van der Waals surface area (Å²) >= 11 is 7.00. The average Bonchev–Trinajstić information content (AvgIpc) is 2.62. The van der Waals surface area contributed by atoms with E-state index in [-0.39, 0.29) is 27.6 Å². The molecule has 0 aliphatic heterocycles. The number of H-pyrrole nitrogens is 1. The first-order valence-electron chi connectivity index (χ1n) is 8.50. The van der Waals surface area contributed by atoms with Crippen LogP contribution in [0.15, 0.2) is 22.0 Å². The summed E-state index contributed by atoms with van der Waals surface area (Å²) in [5.41, 5.74) is -0.473. The molecule has 1 heterocycles. The number of rotatable bonds is 9. The second-order valence-corrected chi connectivity index (χ2v) is 6.78. The molecule has 0 fully saturated rings. The first-order valence-corrected chi connectivity index (χ1v) is 9.87. The summed E-state index contributed by atoms with van der Waals surface area (Å²) in [5, 5.41) is 0.188. The van der Waals surface area contributed by atoms with E-state index in [1.54, 1.807) is 6.92 Å². The number of aromatic amines is 1. The molecule has 0 bridgehead atoms. The number of hydrogen-bond donors (Lipinski definition) is 1. The molecule has 0 saturated heterocycles. The van der Waals surface area contributed by atoms with Crippen molar-refractivity contribution in [1.82, 2.24) is 4.98 Å². The maximum absolute atomic E-state index is 13.8. The predicted octanol–water partition coefficient (Wildman–Crippen LogP) is 3.99. The molecule has 0 unspecified atom stereocenters. The molecule has 148 valence electrons. The summed E-state index contributed by atoms with van der Waals surface area (Å²) in [4.78, 5) is 28.1. The van der Waals surface area contributed by atoms with Crippen molar-refractivity contribution in [3.63, 3.8) is 0 Å². The van der Waals surface area contributed by atoms with E-state index in [0.717, 1.165) is 6.07 Å². The minimum Gasteiger partial charge on any atom is -0.462 e. The quantitative estimate of drug-likeness (QED) is 0.377. The number of fused-ring (bicyclic) bond motifs is 1. The third-order valence-electron chi connectivity index (χ3n) is 3.56. The largest absolute Gasteiger partial charge is 0.462 e. The Bertz CT molecular complexity index is 867. The fourth-order valence-electron chi connectivity index (χ4n) is 2.43. The monoisotopic (exact) mass is 417 g/mol. The SMILES string of the molecule is CCOC(=O)c1c(SCC(OCC)OCC)[nH]c2cc(Cl)c(F)cc2c1=O. The van der Waals surface area contributed by atoms with Gasteiger partial charge < -0.3 is 19.2 Å². The smallest absolute Gasteiger partial charge is 0.344 e. The van der Waals surface area contributed by atoms with Gasteiger partial charge in [-0.1, -0.05) is 11.6 Å². The zero-order chi connectivity index (χ0) is 20.0. The van der Waals surface area contributed by atoms with Crippen LogP contribution in [0, 0.1) is 5.82 Å². The molecule has 1 N–H and O–H groups in total. The molecule has 1 aromatic carbocycles. The Morgan fingerprint density at radius 2 is 1.89 bits per heavy atom. The van der Waals surface area contributed by atoms with Crippen LogP contribution in [0.4, 0.5) is 4.39 Å². The van der Waals surface area contributed by atoms with E-state index in [2.05, 4.69) is 4.98 Å².